The monoisotopic (exact) mass is 297 g/mol. The van der Waals surface area contributed by atoms with Crippen LogP contribution in [0.4, 0.5) is 18.0 Å². The first-order valence-corrected chi connectivity index (χ1v) is 5.35. The molecule has 1 aromatic rings. The van der Waals surface area contributed by atoms with Crippen LogP contribution < -0.4 is 5.73 Å². The summed E-state index contributed by atoms with van der Waals surface area (Å²) in [6, 6.07) is 3.73. The molecule has 0 spiro atoms. The Kier molecular flexibility index (Phi) is 6.92. The van der Waals surface area contributed by atoms with Crippen molar-refractivity contribution in [3.8, 4) is 0 Å². The summed E-state index contributed by atoms with van der Waals surface area (Å²) >= 11 is 4.72. The molecule has 1 amide bonds. The summed E-state index contributed by atoms with van der Waals surface area (Å²) < 4.78 is 40.2. The fourth-order valence-electron chi connectivity index (χ4n) is 0.937. The van der Waals surface area contributed by atoms with Gasteiger partial charge in [0.25, 0.3) is 0 Å². The van der Waals surface area contributed by atoms with Crippen molar-refractivity contribution in [2.75, 3.05) is 6.61 Å². The molecule has 0 atom stereocenters. The molecule has 0 saturated heterocycles. The van der Waals surface area contributed by atoms with Crippen molar-refractivity contribution < 1.29 is 27.5 Å². The maximum Gasteiger partial charge on any atom is 0.416 e. The van der Waals surface area contributed by atoms with Gasteiger partial charge >= 0.3 is 11.6 Å². The summed E-state index contributed by atoms with van der Waals surface area (Å²) in [4.78, 5) is 20.1. The molecule has 2 N–H and O–H groups in total. The zero-order chi connectivity index (χ0) is 15.1. The number of ether oxygens (including phenoxy) is 1. The van der Waals surface area contributed by atoms with Crippen LogP contribution >= 0.6 is 11.6 Å². The number of carbonyl (C=O) groups is 2. The maximum atomic E-state index is 12.0. The Balaban J connectivity index is 0.000000459. The van der Waals surface area contributed by atoms with E-state index in [4.69, 9.17) is 17.3 Å². The van der Waals surface area contributed by atoms with Gasteiger partial charge in [-0.2, -0.15) is 13.2 Å². The molecule has 0 aromatic heterocycles. The first kappa shape index (κ1) is 17.2. The topological polar surface area (TPSA) is 69.4 Å². The molecule has 0 saturated carbocycles. The molecule has 19 heavy (non-hydrogen) atoms. The number of benzene rings is 1. The van der Waals surface area contributed by atoms with E-state index in [-0.39, 0.29) is 5.56 Å². The normalized spacial score (nSPS) is 10.2. The second-order valence-corrected chi connectivity index (χ2v) is 3.42. The lowest BCUT2D eigenvalue weighted by Crippen LogP contribution is -2.11. The average Bonchev–Trinajstić information content (AvgIpc) is 2.28. The molecule has 4 nitrogen and oxygen atoms in total. The number of primary amides is 1. The number of alkyl halides is 3. The molecule has 8 heteroatoms. The molecule has 0 aliphatic carbocycles. The summed E-state index contributed by atoms with van der Waals surface area (Å²) in [5, 5.41) is 0. The smallest absolute Gasteiger partial charge is 0.416 e. The number of nitrogens with two attached hydrogens (primary N) is 1. The molecule has 0 unspecified atom stereocenters. The molecule has 0 bridgehead atoms. The molecule has 1 aromatic carbocycles. The molecule has 0 aliphatic rings. The van der Waals surface area contributed by atoms with Crippen molar-refractivity contribution in [1.29, 1.82) is 0 Å². The van der Waals surface area contributed by atoms with Crippen LogP contribution in [0.5, 0.6) is 0 Å². The van der Waals surface area contributed by atoms with Gasteiger partial charge in [0.1, 0.15) is 0 Å². The van der Waals surface area contributed by atoms with E-state index in [9.17, 15) is 22.8 Å². The summed E-state index contributed by atoms with van der Waals surface area (Å²) in [6.45, 7) is 2.04. The van der Waals surface area contributed by atoms with E-state index in [0.29, 0.717) is 6.61 Å². The molecule has 0 aliphatic heterocycles. The highest BCUT2D eigenvalue weighted by atomic mass is 35.5. The van der Waals surface area contributed by atoms with E-state index in [1.807, 2.05) is 0 Å². The van der Waals surface area contributed by atoms with E-state index < -0.39 is 23.1 Å². The maximum absolute atomic E-state index is 12.0. The standard InChI is InChI=1S/C8H6F3NO.C3H5ClO2/c9-8(10,11)6-3-1-5(2-4-6)7(12)13;1-2-6-3(4)5/h1-4H,(H2,12,13);2H2,1H3. The Morgan fingerprint density at radius 1 is 1.26 bits per heavy atom. The summed E-state index contributed by atoms with van der Waals surface area (Å²) in [6.07, 6.45) is -4.38. The fourth-order valence-corrected chi connectivity index (χ4v) is 1.05. The minimum Gasteiger partial charge on any atom is -0.454 e. The lowest BCUT2D eigenvalue weighted by molar-refractivity contribution is -0.137. The average molecular weight is 298 g/mol. The minimum atomic E-state index is -4.38. The Labute approximate surface area is 112 Å². The first-order valence-electron chi connectivity index (χ1n) is 4.97. The van der Waals surface area contributed by atoms with Gasteiger partial charge in [-0.15, -0.1) is 0 Å². The van der Waals surface area contributed by atoms with E-state index >= 15 is 0 Å². The second-order valence-electron chi connectivity index (χ2n) is 3.11. The van der Waals surface area contributed by atoms with Crippen LogP contribution in [-0.2, 0) is 10.9 Å². The Morgan fingerprint density at radius 2 is 1.74 bits per heavy atom. The Hall–Kier alpha value is -1.76. The molecule has 0 fully saturated rings. The number of carbonyl (C=O) groups excluding carboxylic acids is 2. The molecular formula is C11H11ClF3NO3. The van der Waals surface area contributed by atoms with Crippen LogP contribution in [0.2, 0.25) is 0 Å². The number of hydrogen-bond donors (Lipinski definition) is 1. The van der Waals surface area contributed by atoms with E-state index in [1.54, 1.807) is 6.92 Å². The Morgan fingerprint density at radius 3 is 1.95 bits per heavy atom. The summed E-state index contributed by atoms with van der Waals surface area (Å²) in [5.41, 5.74) is 3.38. The first-order chi connectivity index (χ1) is 8.68. The van der Waals surface area contributed by atoms with Crippen molar-refractivity contribution >= 4 is 22.9 Å². The Bertz CT molecular complexity index is 432. The van der Waals surface area contributed by atoms with E-state index in [1.165, 1.54) is 0 Å². The van der Waals surface area contributed by atoms with Gasteiger partial charge in [0.2, 0.25) is 5.91 Å². The number of amides is 1. The highest BCUT2D eigenvalue weighted by Gasteiger charge is 2.30. The van der Waals surface area contributed by atoms with Crippen molar-refractivity contribution in [1.82, 2.24) is 0 Å². The van der Waals surface area contributed by atoms with Crippen LogP contribution in [0.25, 0.3) is 0 Å². The van der Waals surface area contributed by atoms with E-state index in [2.05, 4.69) is 4.74 Å². The molecule has 1 rings (SSSR count). The molecule has 0 heterocycles. The molecule has 0 radical (unpaired) electrons. The van der Waals surface area contributed by atoms with E-state index in [0.717, 1.165) is 24.3 Å². The largest absolute Gasteiger partial charge is 0.454 e. The van der Waals surface area contributed by atoms with Gasteiger partial charge in [0, 0.05) is 17.2 Å². The number of halogens is 4. The van der Waals surface area contributed by atoms with Crippen LogP contribution in [0, 0.1) is 0 Å². The van der Waals surface area contributed by atoms with Crippen molar-refractivity contribution in [3.05, 3.63) is 35.4 Å². The highest BCUT2D eigenvalue weighted by Crippen LogP contribution is 2.28. The zero-order valence-corrected chi connectivity index (χ0v) is 10.6. The lowest BCUT2D eigenvalue weighted by Gasteiger charge is -2.05. The third-order valence-corrected chi connectivity index (χ3v) is 1.86. The number of hydrogen-bond acceptors (Lipinski definition) is 3. The van der Waals surface area contributed by atoms with Gasteiger partial charge in [0.05, 0.1) is 12.2 Å². The third-order valence-electron chi connectivity index (χ3n) is 1.75. The molecule has 106 valence electrons. The predicted octanol–water partition coefficient (Wildman–Crippen LogP) is 3.19. The second kappa shape index (κ2) is 7.63. The number of rotatable bonds is 2. The van der Waals surface area contributed by atoms with Crippen molar-refractivity contribution in [2.45, 2.75) is 13.1 Å². The van der Waals surface area contributed by atoms with Gasteiger partial charge in [-0.1, -0.05) is 0 Å². The SMILES string of the molecule is CCOC(=O)Cl.NC(=O)c1ccc(C(F)(F)F)cc1. The quantitative estimate of drug-likeness (QED) is 0.852. The van der Waals surface area contributed by atoms with Crippen LogP contribution in [0.1, 0.15) is 22.8 Å². The van der Waals surface area contributed by atoms with Crippen LogP contribution in [0.15, 0.2) is 24.3 Å². The van der Waals surface area contributed by atoms with Crippen LogP contribution in [0.3, 0.4) is 0 Å². The third kappa shape index (κ3) is 7.30. The highest BCUT2D eigenvalue weighted by molar-refractivity contribution is 6.61. The summed E-state index contributed by atoms with van der Waals surface area (Å²) in [5.74, 6) is -0.742. The minimum absolute atomic E-state index is 0.0630. The predicted molar refractivity (Wildman–Crippen MR) is 62.8 cm³/mol. The fraction of sp³-hybridized carbons (Fsp3) is 0.273. The van der Waals surface area contributed by atoms with Gasteiger partial charge in [-0.25, -0.2) is 4.79 Å². The van der Waals surface area contributed by atoms with Crippen molar-refractivity contribution in [3.63, 3.8) is 0 Å². The lowest BCUT2D eigenvalue weighted by atomic mass is 10.1. The van der Waals surface area contributed by atoms with Gasteiger partial charge in [-0.05, 0) is 31.2 Å². The molecular weight excluding hydrogens is 287 g/mol. The zero-order valence-electron chi connectivity index (χ0n) is 9.83. The van der Waals surface area contributed by atoms with Crippen molar-refractivity contribution in [2.24, 2.45) is 5.73 Å². The van der Waals surface area contributed by atoms with Gasteiger partial charge in [-0.3, -0.25) is 4.79 Å². The van der Waals surface area contributed by atoms with Gasteiger partial charge in [0.15, 0.2) is 0 Å². The van der Waals surface area contributed by atoms with Gasteiger partial charge < -0.3 is 10.5 Å². The van der Waals surface area contributed by atoms with Crippen LogP contribution in [-0.4, -0.2) is 17.9 Å². The summed E-state index contributed by atoms with van der Waals surface area (Å²) in [7, 11) is 0.